The van der Waals surface area contributed by atoms with Crippen LogP contribution in [0.5, 0.6) is 0 Å². The average Bonchev–Trinajstić information content (AvgIpc) is 4.00. The van der Waals surface area contributed by atoms with Crippen molar-refractivity contribution in [3.63, 3.8) is 0 Å². The van der Waals surface area contributed by atoms with Crippen LogP contribution < -0.4 is 37.6 Å². The molecule has 0 bridgehead atoms. The van der Waals surface area contributed by atoms with Crippen LogP contribution in [-0.2, 0) is 25.6 Å². The molecule has 13 nitrogen and oxygen atoms in total. The minimum atomic E-state index is -0.911. The minimum Gasteiger partial charge on any atom is -0.343 e. The molecule has 2 aromatic carbocycles. The van der Waals surface area contributed by atoms with Crippen LogP contribution in [0, 0.1) is 5.92 Å². The Morgan fingerprint density at radius 1 is 0.792 bits per heavy atom. The van der Waals surface area contributed by atoms with Crippen molar-refractivity contribution in [3.8, 4) is 0 Å². The van der Waals surface area contributed by atoms with E-state index in [0.717, 1.165) is 31.2 Å². The lowest BCUT2D eigenvalue weighted by molar-refractivity contribution is -0.138. The predicted octanol–water partition coefficient (Wildman–Crippen LogP) is 2.32. The summed E-state index contributed by atoms with van der Waals surface area (Å²) in [7, 11) is 1.57. The zero-order valence-corrected chi connectivity index (χ0v) is 31.4. The number of carbonyl (C=O) groups is 5. The highest BCUT2D eigenvalue weighted by atomic mass is 16.2. The fourth-order valence-electron chi connectivity index (χ4n) is 6.72. The molecule has 4 atom stereocenters. The molecule has 1 aliphatic carbocycles. The second kappa shape index (κ2) is 21.9. The lowest BCUT2D eigenvalue weighted by Crippen LogP contribution is -2.58. The van der Waals surface area contributed by atoms with Gasteiger partial charge in [-0.3, -0.25) is 19.2 Å². The maximum absolute atomic E-state index is 14.0. The summed E-state index contributed by atoms with van der Waals surface area (Å²) >= 11 is 0. The molecular weight excluding hydrogens is 672 g/mol. The van der Waals surface area contributed by atoms with E-state index in [9.17, 15) is 24.0 Å². The van der Waals surface area contributed by atoms with Gasteiger partial charge in [-0.05, 0) is 61.6 Å². The van der Waals surface area contributed by atoms with Crippen LogP contribution in [0.3, 0.4) is 0 Å². The Kier molecular flexibility index (Phi) is 17.0. The highest BCUT2D eigenvalue weighted by Gasteiger charge is 2.35. The summed E-state index contributed by atoms with van der Waals surface area (Å²) in [6.07, 6.45) is 6.69. The van der Waals surface area contributed by atoms with E-state index in [1.165, 1.54) is 5.56 Å². The van der Waals surface area contributed by atoms with Gasteiger partial charge in [-0.15, -0.1) is 0 Å². The Hall–Kier alpha value is -4.49. The third kappa shape index (κ3) is 14.5. The molecule has 8 N–H and O–H groups in total. The van der Waals surface area contributed by atoms with E-state index in [1.807, 2.05) is 48.5 Å². The molecule has 6 amide bonds. The maximum Gasteiger partial charge on any atom is 0.314 e. The number of urea groups is 1. The molecule has 1 heterocycles. The number of hydrogen-bond donors (Lipinski definition) is 7. The van der Waals surface area contributed by atoms with Gasteiger partial charge < -0.3 is 42.5 Å². The molecule has 2 fully saturated rings. The minimum absolute atomic E-state index is 0.0346. The first-order valence-electron chi connectivity index (χ1n) is 19.3. The van der Waals surface area contributed by atoms with Crippen LogP contribution in [0.1, 0.15) is 81.8 Å². The molecule has 2 aliphatic rings. The van der Waals surface area contributed by atoms with Crippen molar-refractivity contribution >= 4 is 29.7 Å². The highest BCUT2D eigenvalue weighted by Crippen LogP contribution is 2.33. The van der Waals surface area contributed by atoms with Crippen LogP contribution in [-0.4, -0.2) is 98.5 Å². The Balaban J connectivity index is 1.41. The van der Waals surface area contributed by atoms with Gasteiger partial charge in [-0.2, -0.15) is 0 Å². The molecule has 2 aromatic rings. The number of piperidine rings is 1. The molecule has 0 spiro atoms. The summed E-state index contributed by atoms with van der Waals surface area (Å²) < 4.78 is 0. The fraction of sp³-hybridized carbons (Fsp3) is 0.575. The van der Waals surface area contributed by atoms with Crippen LogP contribution in [0.15, 0.2) is 60.7 Å². The zero-order chi connectivity index (χ0) is 38.0. The summed E-state index contributed by atoms with van der Waals surface area (Å²) in [4.78, 5) is 68.5. The maximum atomic E-state index is 14.0. The van der Waals surface area contributed by atoms with Crippen LogP contribution in [0.2, 0.25) is 0 Å². The van der Waals surface area contributed by atoms with Crippen LogP contribution in [0.25, 0.3) is 0 Å². The van der Waals surface area contributed by atoms with E-state index in [2.05, 4.69) is 51.0 Å². The second-order valence-corrected chi connectivity index (χ2v) is 14.5. The Labute approximate surface area is 314 Å². The van der Waals surface area contributed by atoms with Crippen molar-refractivity contribution in [2.45, 2.75) is 101 Å². The molecule has 1 saturated heterocycles. The first-order chi connectivity index (χ1) is 25.7. The Morgan fingerprint density at radius 2 is 1.43 bits per heavy atom. The molecule has 53 heavy (non-hydrogen) atoms. The molecule has 0 radical (unpaired) electrons. The van der Waals surface area contributed by atoms with Crippen LogP contribution >= 0.6 is 0 Å². The van der Waals surface area contributed by atoms with Gasteiger partial charge in [-0.1, -0.05) is 93.3 Å². The van der Waals surface area contributed by atoms with Gasteiger partial charge >= 0.3 is 6.03 Å². The topological polar surface area (TPSA) is 187 Å². The first kappa shape index (κ1) is 41.3. The standard InChI is InChI=1S/C40H60N8O5/c1-28(31-14-8-4-9-15-31)26-43-27-36(49)45-34(24-29-12-6-3-7-13-29)37(50)47-35(25-30-17-18-30)38(51)46-33(16-10-5-11-21-41)39(52)48-22-19-32(20-23-48)44-40(53)42-2/h3-4,6-9,12-15,28,30,32-35,43H,5,10-11,16-27,41H2,1-2H3,(H,45,49)(H,46,51)(H,47,50)(H2,42,44,53)/t28-,33+,34+,35+/m0/s1. The van der Waals surface area contributed by atoms with Gasteiger partial charge in [0.15, 0.2) is 0 Å². The number of amides is 6. The largest absolute Gasteiger partial charge is 0.343 e. The molecule has 1 saturated carbocycles. The number of hydrogen-bond acceptors (Lipinski definition) is 7. The van der Waals surface area contributed by atoms with Crippen molar-refractivity contribution in [1.82, 2.24) is 36.8 Å². The van der Waals surface area contributed by atoms with Crippen molar-refractivity contribution < 1.29 is 24.0 Å². The van der Waals surface area contributed by atoms with Crippen molar-refractivity contribution in [2.24, 2.45) is 11.7 Å². The molecule has 4 rings (SSSR count). The smallest absolute Gasteiger partial charge is 0.314 e. The number of nitrogens with two attached hydrogens (primary N) is 1. The van der Waals surface area contributed by atoms with E-state index in [-0.39, 0.29) is 42.8 Å². The van der Waals surface area contributed by atoms with Gasteiger partial charge in [-0.25, -0.2) is 4.79 Å². The SMILES string of the molecule is CNC(=O)NC1CCN(C(=O)[C@@H](CCCCCN)NC(=O)[C@@H](CC2CC2)NC(=O)[C@@H](Cc2ccccc2)NC(=O)CNC[C@H](C)c2ccccc2)CC1. The number of rotatable bonds is 21. The fourth-order valence-corrected chi connectivity index (χ4v) is 6.72. The normalized spacial score (nSPS) is 16.8. The van der Waals surface area contributed by atoms with E-state index >= 15 is 0 Å². The summed E-state index contributed by atoms with van der Waals surface area (Å²) in [5, 5.41) is 17.6. The Morgan fingerprint density at radius 3 is 2.08 bits per heavy atom. The van der Waals surface area contributed by atoms with Crippen molar-refractivity contribution in [3.05, 3.63) is 71.8 Å². The molecule has 1 aliphatic heterocycles. The molecule has 13 heteroatoms. The summed E-state index contributed by atoms with van der Waals surface area (Å²) in [5.74, 6) is -0.832. The van der Waals surface area contributed by atoms with Gasteiger partial charge in [0.1, 0.15) is 18.1 Å². The van der Waals surface area contributed by atoms with Crippen molar-refractivity contribution in [1.29, 1.82) is 0 Å². The molecule has 0 aromatic heterocycles. The zero-order valence-electron chi connectivity index (χ0n) is 31.4. The third-order valence-corrected chi connectivity index (χ3v) is 10.1. The first-order valence-corrected chi connectivity index (χ1v) is 19.3. The monoisotopic (exact) mass is 732 g/mol. The van der Waals surface area contributed by atoms with Gasteiger partial charge in [0.05, 0.1) is 6.54 Å². The number of nitrogens with one attached hydrogen (secondary N) is 6. The van der Waals surface area contributed by atoms with E-state index in [4.69, 9.17) is 5.73 Å². The van der Waals surface area contributed by atoms with Gasteiger partial charge in [0.2, 0.25) is 23.6 Å². The van der Waals surface area contributed by atoms with E-state index in [0.29, 0.717) is 64.2 Å². The third-order valence-electron chi connectivity index (χ3n) is 10.1. The van der Waals surface area contributed by atoms with Crippen LogP contribution in [0.4, 0.5) is 4.79 Å². The molecular formula is C40H60N8O5. The number of likely N-dealkylation sites (tertiary alicyclic amines) is 1. The number of carbonyl (C=O) groups excluding carboxylic acids is 5. The average molecular weight is 733 g/mol. The Bertz CT molecular complexity index is 1450. The summed E-state index contributed by atoms with van der Waals surface area (Å²) in [6, 6.07) is 16.7. The highest BCUT2D eigenvalue weighted by molar-refractivity contribution is 5.94. The molecule has 290 valence electrons. The van der Waals surface area contributed by atoms with Gasteiger partial charge in [0.25, 0.3) is 0 Å². The predicted molar refractivity (Wildman–Crippen MR) is 206 cm³/mol. The lowest BCUT2D eigenvalue weighted by atomic mass is 10.0. The van der Waals surface area contributed by atoms with Crippen molar-refractivity contribution in [2.75, 3.05) is 39.8 Å². The summed E-state index contributed by atoms with van der Waals surface area (Å²) in [6.45, 7) is 4.19. The quantitative estimate of drug-likeness (QED) is 0.0960. The summed E-state index contributed by atoms with van der Waals surface area (Å²) in [5.41, 5.74) is 7.75. The lowest BCUT2D eigenvalue weighted by Gasteiger charge is -2.35. The molecule has 0 unspecified atom stereocenters. The second-order valence-electron chi connectivity index (χ2n) is 14.5. The number of nitrogens with zero attached hydrogens (tertiary/aromatic N) is 1. The number of unbranched alkanes of at least 4 members (excludes halogenated alkanes) is 2. The van der Waals surface area contributed by atoms with E-state index < -0.39 is 29.9 Å². The number of benzene rings is 2. The van der Waals surface area contributed by atoms with Gasteiger partial charge in [0, 0.05) is 39.1 Å². The van der Waals surface area contributed by atoms with E-state index in [1.54, 1.807) is 11.9 Å².